The van der Waals surface area contributed by atoms with E-state index >= 15 is 0 Å². The molecule has 1 aliphatic heterocycles. The zero-order chi connectivity index (χ0) is 16.5. The van der Waals surface area contributed by atoms with Crippen LogP contribution in [0.15, 0.2) is 24.9 Å². The second kappa shape index (κ2) is 5.80. The molecule has 24 heavy (non-hydrogen) atoms. The summed E-state index contributed by atoms with van der Waals surface area (Å²) in [4.78, 5) is 24.7. The second-order valence-corrected chi connectivity index (χ2v) is 5.67. The normalized spacial score (nSPS) is 16.6. The standard InChI is InChI=1S/C14H15N9O/c1-22-7-11(19-21-22)13(24)18-14-17-12-4-9(2-3-23(12)20-14)10-5-15-8-16-6-10/h5-9H,2-4H2,1H3,(H,18,20,24). The predicted octanol–water partition coefficient (Wildman–Crippen LogP) is 0.179. The van der Waals surface area contributed by atoms with Gasteiger partial charge < -0.3 is 0 Å². The molecule has 122 valence electrons. The third-order valence-electron chi connectivity index (χ3n) is 3.98. The molecule has 1 atom stereocenters. The van der Waals surface area contributed by atoms with Gasteiger partial charge in [-0.3, -0.25) is 14.8 Å². The number of anilines is 1. The van der Waals surface area contributed by atoms with Gasteiger partial charge in [-0.25, -0.2) is 14.6 Å². The largest absolute Gasteiger partial charge is 0.288 e. The first-order valence-electron chi connectivity index (χ1n) is 7.55. The van der Waals surface area contributed by atoms with Gasteiger partial charge in [-0.2, -0.15) is 4.98 Å². The Kier molecular flexibility index (Phi) is 3.48. The SMILES string of the molecule is Cn1cc(C(=O)Nc2nc3n(n2)CCC(c2cncnc2)C3)nn1. The average molecular weight is 325 g/mol. The summed E-state index contributed by atoms with van der Waals surface area (Å²) in [6.45, 7) is 0.739. The molecule has 10 heteroatoms. The summed E-state index contributed by atoms with van der Waals surface area (Å²) in [5.74, 6) is 1.06. The van der Waals surface area contributed by atoms with E-state index in [1.807, 2.05) is 17.1 Å². The number of hydrogen-bond donors (Lipinski definition) is 1. The van der Waals surface area contributed by atoms with Crippen molar-refractivity contribution in [2.75, 3.05) is 5.32 Å². The molecule has 0 aromatic carbocycles. The molecule has 0 bridgehead atoms. The highest BCUT2D eigenvalue weighted by molar-refractivity contribution is 6.01. The topological polar surface area (TPSA) is 116 Å². The molecule has 10 nitrogen and oxygen atoms in total. The number of aryl methyl sites for hydroxylation is 2. The van der Waals surface area contributed by atoms with Gasteiger partial charge in [-0.15, -0.1) is 10.2 Å². The zero-order valence-electron chi connectivity index (χ0n) is 13.0. The molecule has 3 aromatic rings. The van der Waals surface area contributed by atoms with Crippen molar-refractivity contribution in [3.63, 3.8) is 0 Å². The smallest absolute Gasteiger partial charge is 0.280 e. The van der Waals surface area contributed by atoms with Crippen molar-refractivity contribution in [3.8, 4) is 0 Å². The summed E-state index contributed by atoms with van der Waals surface area (Å²) < 4.78 is 3.29. The van der Waals surface area contributed by atoms with E-state index in [0.717, 1.165) is 30.8 Å². The molecule has 1 aliphatic rings. The van der Waals surface area contributed by atoms with E-state index in [1.165, 1.54) is 17.2 Å². The first-order valence-corrected chi connectivity index (χ1v) is 7.55. The molecule has 1 unspecified atom stereocenters. The number of fused-ring (bicyclic) bond motifs is 1. The van der Waals surface area contributed by atoms with Gasteiger partial charge in [0, 0.05) is 32.4 Å². The lowest BCUT2D eigenvalue weighted by atomic mass is 9.92. The van der Waals surface area contributed by atoms with Crippen LogP contribution in [0.25, 0.3) is 0 Å². The van der Waals surface area contributed by atoms with E-state index in [9.17, 15) is 4.79 Å². The van der Waals surface area contributed by atoms with Crippen molar-refractivity contribution in [1.29, 1.82) is 0 Å². The van der Waals surface area contributed by atoms with E-state index in [0.29, 0.717) is 5.92 Å². The molecule has 0 radical (unpaired) electrons. The first-order chi connectivity index (χ1) is 11.7. The molecule has 0 aliphatic carbocycles. The minimum atomic E-state index is -0.376. The first kappa shape index (κ1) is 14.4. The Bertz CT molecular complexity index is 870. The number of aromatic nitrogens is 8. The van der Waals surface area contributed by atoms with Crippen LogP contribution in [0.5, 0.6) is 0 Å². The monoisotopic (exact) mass is 325 g/mol. The van der Waals surface area contributed by atoms with Crippen LogP contribution in [0.3, 0.4) is 0 Å². The number of rotatable bonds is 3. The van der Waals surface area contributed by atoms with Gasteiger partial charge in [-0.05, 0) is 17.9 Å². The quantitative estimate of drug-likeness (QED) is 0.730. The van der Waals surface area contributed by atoms with Crippen LogP contribution in [0, 0.1) is 0 Å². The van der Waals surface area contributed by atoms with Gasteiger partial charge in [0.2, 0.25) is 5.95 Å². The van der Waals surface area contributed by atoms with Crippen molar-refractivity contribution in [2.24, 2.45) is 7.05 Å². The van der Waals surface area contributed by atoms with Gasteiger partial charge >= 0.3 is 0 Å². The lowest BCUT2D eigenvalue weighted by Crippen LogP contribution is -2.19. The fourth-order valence-corrected chi connectivity index (χ4v) is 2.78. The number of carbonyl (C=O) groups excluding carboxylic acids is 1. The van der Waals surface area contributed by atoms with Crippen LogP contribution in [-0.2, 0) is 20.0 Å². The van der Waals surface area contributed by atoms with E-state index in [1.54, 1.807) is 7.05 Å². The molecular weight excluding hydrogens is 310 g/mol. The summed E-state index contributed by atoms with van der Waals surface area (Å²) in [6.07, 6.45) is 8.40. The van der Waals surface area contributed by atoms with E-state index < -0.39 is 0 Å². The Morgan fingerprint density at radius 3 is 2.92 bits per heavy atom. The maximum Gasteiger partial charge on any atom is 0.280 e. The van der Waals surface area contributed by atoms with Crippen molar-refractivity contribution < 1.29 is 4.79 Å². The Hall–Kier alpha value is -3.17. The molecule has 1 N–H and O–H groups in total. The highest BCUT2D eigenvalue weighted by atomic mass is 16.2. The molecule has 0 spiro atoms. The van der Waals surface area contributed by atoms with Gasteiger partial charge in [-0.1, -0.05) is 5.21 Å². The fourth-order valence-electron chi connectivity index (χ4n) is 2.78. The molecule has 1 amide bonds. The lowest BCUT2D eigenvalue weighted by molar-refractivity contribution is 0.102. The third kappa shape index (κ3) is 2.73. The Labute approximate surface area is 137 Å². The van der Waals surface area contributed by atoms with Crippen molar-refractivity contribution in [2.45, 2.75) is 25.3 Å². The Balaban J connectivity index is 1.49. The number of hydrogen-bond acceptors (Lipinski definition) is 7. The maximum absolute atomic E-state index is 12.1. The summed E-state index contributed by atoms with van der Waals surface area (Å²) in [7, 11) is 1.70. The van der Waals surface area contributed by atoms with Crippen molar-refractivity contribution >= 4 is 11.9 Å². The predicted molar refractivity (Wildman–Crippen MR) is 82.1 cm³/mol. The molecule has 0 fully saturated rings. The third-order valence-corrected chi connectivity index (χ3v) is 3.98. The van der Waals surface area contributed by atoms with E-state index in [4.69, 9.17) is 0 Å². The number of nitrogens with one attached hydrogen (secondary N) is 1. The maximum atomic E-state index is 12.1. The van der Waals surface area contributed by atoms with E-state index in [2.05, 4.69) is 35.7 Å². The highest BCUT2D eigenvalue weighted by Gasteiger charge is 2.24. The summed E-state index contributed by atoms with van der Waals surface area (Å²) in [5.41, 5.74) is 1.32. The Morgan fingerprint density at radius 1 is 1.33 bits per heavy atom. The number of nitrogens with zero attached hydrogens (tertiary/aromatic N) is 8. The number of amides is 1. The van der Waals surface area contributed by atoms with Crippen LogP contribution in [0.4, 0.5) is 5.95 Å². The van der Waals surface area contributed by atoms with Gasteiger partial charge in [0.15, 0.2) is 5.69 Å². The zero-order valence-corrected chi connectivity index (χ0v) is 13.0. The van der Waals surface area contributed by atoms with Gasteiger partial charge in [0.05, 0.1) is 6.20 Å². The number of carbonyl (C=O) groups is 1. The average Bonchev–Trinajstić information content (AvgIpc) is 3.20. The fraction of sp³-hybridized carbons (Fsp3) is 0.357. The molecule has 4 heterocycles. The van der Waals surface area contributed by atoms with Crippen molar-refractivity contribution in [1.82, 2.24) is 39.7 Å². The molecule has 4 rings (SSSR count). The van der Waals surface area contributed by atoms with Crippen LogP contribution >= 0.6 is 0 Å². The molecule has 0 saturated heterocycles. The minimum absolute atomic E-state index is 0.226. The summed E-state index contributed by atoms with van der Waals surface area (Å²) in [6, 6.07) is 0. The molecule has 0 saturated carbocycles. The van der Waals surface area contributed by atoms with Crippen LogP contribution < -0.4 is 5.32 Å². The van der Waals surface area contributed by atoms with E-state index in [-0.39, 0.29) is 17.5 Å². The van der Waals surface area contributed by atoms with Gasteiger partial charge in [0.1, 0.15) is 12.2 Å². The second-order valence-electron chi connectivity index (χ2n) is 5.67. The summed E-state index contributed by atoms with van der Waals surface area (Å²) in [5, 5.41) is 14.5. The van der Waals surface area contributed by atoms with Crippen molar-refractivity contribution in [3.05, 3.63) is 42.0 Å². The van der Waals surface area contributed by atoms with Gasteiger partial charge in [0.25, 0.3) is 5.91 Å². The minimum Gasteiger partial charge on any atom is -0.288 e. The van der Waals surface area contributed by atoms with Crippen LogP contribution in [0.2, 0.25) is 0 Å². The van der Waals surface area contributed by atoms with Crippen LogP contribution in [-0.4, -0.2) is 45.6 Å². The highest BCUT2D eigenvalue weighted by Crippen LogP contribution is 2.28. The molecule has 3 aromatic heterocycles. The summed E-state index contributed by atoms with van der Waals surface area (Å²) >= 11 is 0. The lowest BCUT2D eigenvalue weighted by Gasteiger charge is -2.21. The van der Waals surface area contributed by atoms with Crippen LogP contribution in [0.1, 0.15) is 34.2 Å². The Morgan fingerprint density at radius 2 is 2.17 bits per heavy atom. The molecular formula is C14H15N9O.